The van der Waals surface area contributed by atoms with Crippen LogP contribution >= 0.6 is 23.2 Å². The van der Waals surface area contributed by atoms with Gasteiger partial charge in [-0.15, -0.1) is 0 Å². The van der Waals surface area contributed by atoms with Gasteiger partial charge >= 0.3 is 5.97 Å². The lowest BCUT2D eigenvalue weighted by atomic mass is 10.1. The van der Waals surface area contributed by atoms with Crippen molar-refractivity contribution in [3.05, 3.63) is 51.8 Å². The average Bonchev–Trinajstić information content (AvgIpc) is 2.42. The van der Waals surface area contributed by atoms with Gasteiger partial charge in [0, 0.05) is 5.69 Å². The van der Waals surface area contributed by atoms with Crippen molar-refractivity contribution in [3.63, 3.8) is 0 Å². The monoisotopic (exact) mass is 328 g/mol. The Morgan fingerprint density at radius 3 is 2.57 bits per heavy atom. The average molecular weight is 329 g/mol. The summed E-state index contributed by atoms with van der Waals surface area (Å²) >= 11 is 12.0. The molecular formula is C14H11Cl2FN2O2. The van der Waals surface area contributed by atoms with Crippen LogP contribution in [-0.4, -0.2) is 13.1 Å². The quantitative estimate of drug-likeness (QED) is 0.653. The number of hydrogen-bond donors (Lipinski definition) is 2. The van der Waals surface area contributed by atoms with Gasteiger partial charge in [0.1, 0.15) is 5.82 Å². The molecular weight excluding hydrogens is 318 g/mol. The molecule has 0 bridgehead atoms. The Balaban J connectivity index is 2.50. The molecule has 7 heteroatoms. The highest BCUT2D eigenvalue weighted by Gasteiger charge is 2.17. The van der Waals surface area contributed by atoms with E-state index in [1.807, 2.05) is 0 Å². The molecule has 0 aliphatic rings. The molecule has 0 amide bonds. The van der Waals surface area contributed by atoms with Crippen LogP contribution in [0.25, 0.3) is 0 Å². The number of hydrogen-bond acceptors (Lipinski definition) is 4. The van der Waals surface area contributed by atoms with Crippen molar-refractivity contribution >= 4 is 46.2 Å². The van der Waals surface area contributed by atoms with Gasteiger partial charge in [-0.2, -0.15) is 0 Å². The molecule has 21 heavy (non-hydrogen) atoms. The molecule has 2 aromatic carbocycles. The van der Waals surface area contributed by atoms with Crippen molar-refractivity contribution in [2.45, 2.75) is 0 Å². The Morgan fingerprint density at radius 1 is 1.24 bits per heavy atom. The first-order valence-corrected chi connectivity index (χ1v) is 6.57. The minimum atomic E-state index is -0.607. The second-order valence-electron chi connectivity index (χ2n) is 4.17. The Bertz CT molecular complexity index is 708. The minimum Gasteiger partial charge on any atom is -0.465 e. The number of methoxy groups -OCH3 is 1. The number of carbonyl (C=O) groups is 1. The van der Waals surface area contributed by atoms with Crippen molar-refractivity contribution in [2.75, 3.05) is 18.2 Å². The van der Waals surface area contributed by atoms with Gasteiger partial charge in [-0.25, -0.2) is 9.18 Å². The van der Waals surface area contributed by atoms with Crippen LogP contribution in [0.1, 0.15) is 10.4 Å². The Kier molecular flexibility index (Phi) is 4.55. The lowest BCUT2D eigenvalue weighted by Crippen LogP contribution is -2.07. The normalized spacial score (nSPS) is 10.3. The predicted octanol–water partition coefficient (Wildman–Crippen LogP) is 4.24. The van der Waals surface area contributed by atoms with E-state index in [4.69, 9.17) is 28.9 Å². The number of carbonyl (C=O) groups excluding carboxylic acids is 1. The van der Waals surface area contributed by atoms with Gasteiger partial charge in [-0.3, -0.25) is 0 Å². The number of nitrogens with one attached hydrogen (secondary N) is 1. The molecule has 110 valence electrons. The van der Waals surface area contributed by atoms with Crippen LogP contribution in [0.3, 0.4) is 0 Å². The summed E-state index contributed by atoms with van der Waals surface area (Å²) in [5, 5.41) is 3.26. The number of halogens is 3. The van der Waals surface area contributed by atoms with E-state index in [0.717, 1.165) is 6.07 Å². The Labute approximate surface area is 130 Å². The molecule has 2 aromatic rings. The summed E-state index contributed by atoms with van der Waals surface area (Å²) in [5.41, 5.74) is 6.82. The van der Waals surface area contributed by atoms with Gasteiger partial charge in [0.2, 0.25) is 0 Å². The zero-order valence-corrected chi connectivity index (χ0v) is 12.4. The second-order valence-corrected chi connectivity index (χ2v) is 4.98. The maximum Gasteiger partial charge on any atom is 0.340 e. The first kappa shape index (κ1) is 15.4. The summed E-state index contributed by atoms with van der Waals surface area (Å²) in [6, 6.07) is 6.72. The fourth-order valence-electron chi connectivity index (χ4n) is 1.75. The molecule has 0 radical (unpaired) electrons. The fourth-order valence-corrected chi connectivity index (χ4v) is 2.24. The fraction of sp³-hybridized carbons (Fsp3) is 0.0714. The van der Waals surface area contributed by atoms with E-state index in [1.54, 1.807) is 0 Å². The summed E-state index contributed by atoms with van der Waals surface area (Å²) in [7, 11) is 1.24. The van der Waals surface area contributed by atoms with Gasteiger partial charge in [0.15, 0.2) is 0 Å². The van der Waals surface area contributed by atoms with Crippen LogP contribution in [-0.2, 0) is 4.74 Å². The van der Waals surface area contributed by atoms with Crippen molar-refractivity contribution in [1.82, 2.24) is 0 Å². The molecule has 0 aliphatic carbocycles. The molecule has 0 fully saturated rings. The Hall–Kier alpha value is -1.98. The number of anilines is 3. The Morgan fingerprint density at radius 2 is 1.95 bits per heavy atom. The van der Waals surface area contributed by atoms with Gasteiger partial charge in [-0.1, -0.05) is 23.2 Å². The first-order valence-electron chi connectivity index (χ1n) is 5.81. The van der Waals surface area contributed by atoms with Crippen molar-refractivity contribution in [3.8, 4) is 0 Å². The molecule has 0 atom stereocenters. The van der Waals surface area contributed by atoms with E-state index >= 15 is 0 Å². The highest BCUT2D eigenvalue weighted by molar-refractivity contribution is 6.35. The van der Waals surface area contributed by atoms with Gasteiger partial charge < -0.3 is 15.8 Å². The highest BCUT2D eigenvalue weighted by Crippen LogP contribution is 2.34. The van der Waals surface area contributed by atoms with Gasteiger partial charge in [0.25, 0.3) is 0 Å². The van der Waals surface area contributed by atoms with Crippen LogP contribution in [0.2, 0.25) is 10.0 Å². The molecule has 0 aromatic heterocycles. The lowest BCUT2D eigenvalue weighted by molar-refractivity contribution is 0.0602. The molecule has 0 heterocycles. The zero-order chi connectivity index (χ0) is 15.6. The lowest BCUT2D eigenvalue weighted by Gasteiger charge is -2.14. The van der Waals surface area contributed by atoms with Gasteiger partial charge in [0.05, 0.1) is 34.1 Å². The van der Waals surface area contributed by atoms with E-state index in [1.165, 1.54) is 31.4 Å². The van der Waals surface area contributed by atoms with Crippen molar-refractivity contribution < 1.29 is 13.9 Å². The summed E-state index contributed by atoms with van der Waals surface area (Å²) in [5.74, 6) is -1.08. The van der Waals surface area contributed by atoms with Crippen LogP contribution < -0.4 is 11.1 Å². The molecule has 4 nitrogen and oxygen atoms in total. The third-order valence-corrected chi connectivity index (χ3v) is 3.32. The highest BCUT2D eigenvalue weighted by atomic mass is 35.5. The summed E-state index contributed by atoms with van der Waals surface area (Å²) in [4.78, 5) is 11.8. The van der Waals surface area contributed by atoms with E-state index in [0.29, 0.717) is 11.4 Å². The van der Waals surface area contributed by atoms with Crippen LogP contribution in [0.4, 0.5) is 21.5 Å². The molecule has 2 rings (SSSR count). The number of nitrogens with two attached hydrogens (primary N) is 1. The number of rotatable bonds is 3. The van der Waals surface area contributed by atoms with Gasteiger partial charge in [-0.05, 0) is 30.3 Å². The summed E-state index contributed by atoms with van der Waals surface area (Å²) in [6.45, 7) is 0. The maximum absolute atomic E-state index is 13.1. The third-order valence-electron chi connectivity index (χ3n) is 2.71. The molecule has 0 saturated heterocycles. The predicted molar refractivity (Wildman–Crippen MR) is 81.9 cm³/mol. The largest absolute Gasteiger partial charge is 0.465 e. The number of benzene rings is 2. The SMILES string of the molecule is COC(=O)c1cc(N)cc(Cl)c1Nc1ccc(F)cc1Cl. The summed E-state index contributed by atoms with van der Waals surface area (Å²) in [6.07, 6.45) is 0. The van der Waals surface area contributed by atoms with Crippen molar-refractivity contribution in [2.24, 2.45) is 0 Å². The maximum atomic E-state index is 13.1. The first-order chi connectivity index (χ1) is 9.92. The molecule has 0 saturated carbocycles. The molecule has 3 N–H and O–H groups in total. The summed E-state index contributed by atoms with van der Waals surface area (Å²) < 4.78 is 17.7. The molecule has 0 aliphatic heterocycles. The number of esters is 1. The molecule has 0 unspecified atom stereocenters. The topological polar surface area (TPSA) is 64.3 Å². The van der Waals surface area contributed by atoms with E-state index in [9.17, 15) is 9.18 Å². The molecule has 0 spiro atoms. The van der Waals surface area contributed by atoms with E-state index < -0.39 is 11.8 Å². The smallest absolute Gasteiger partial charge is 0.340 e. The number of nitrogen functional groups attached to an aromatic ring is 1. The minimum absolute atomic E-state index is 0.152. The van der Waals surface area contributed by atoms with E-state index in [-0.39, 0.29) is 21.3 Å². The van der Waals surface area contributed by atoms with Crippen molar-refractivity contribution in [1.29, 1.82) is 0 Å². The third kappa shape index (κ3) is 3.37. The van der Waals surface area contributed by atoms with E-state index in [2.05, 4.69) is 10.1 Å². The second kappa shape index (κ2) is 6.20. The van der Waals surface area contributed by atoms with Crippen LogP contribution in [0.15, 0.2) is 30.3 Å². The standard InChI is InChI=1S/C14H11Cl2FN2O2/c1-21-14(20)9-5-8(18)6-11(16)13(9)19-12-3-2-7(17)4-10(12)15/h2-6,19H,18H2,1H3. The number of ether oxygens (including phenoxy) is 1. The zero-order valence-electron chi connectivity index (χ0n) is 10.9. The van der Waals surface area contributed by atoms with Crippen LogP contribution in [0.5, 0.6) is 0 Å². The van der Waals surface area contributed by atoms with Crippen LogP contribution in [0, 0.1) is 5.82 Å².